The fraction of sp³-hybridized carbons (Fsp3) is 0.737. The molecular weight excluding hydrogens is 302 g/mol. The van der Waals surface area contributed by atoms with Gasteiger partial charge in [-0.25, -0.2) is 0 Å². The molecule has 0 bridgehead atoms. The summed E-state index contributed by atoms with van der Waals surface area (Å²) >= 11 is 0. The van der Waals surface area contributed by atoms with E-state index in [0.717, 1.165) is 45.8 Å². The number of aryl methyl sites for hydroxylation is 2. The maximum absolute atomic E-state index is 11.8. The molecule has 0 N–H and O–H groups in total. The monoisotopic (exact) mass is 335 g/mol. The van der Waals surface area contributed by atoms with Crippen molar-refractivity contribution in [2.45, 2.75) is 53.2 Å². The maximum atomic E-state index is 11.8. The topological polar surface area (TPSA) is 37.7 Å². The van der Waals surface area contributed by atoms with Gasteiger partial charge in [0.15, 0.2) is 0 Å². The highest BCUT2D eigenvalue weighted by Gasteiger charge is 2.20. The van der Waals surface area contributed by atoms with Crippen LogP contribution in [-0.4, -0.2) is 65.2 Å². The number of ether oxygens (including phenoxy) is 1. The lowest BCUT2D eigenvalue weighted by atomic mass is 10.2. The normalized spacial score (nSPS) is 17.2. The Morgan fingerprint density at radius 3 is 1.96 bits per heavy atom. The molecule has 1 fully saturated rings. The third kappa shape index (κ3) is 5.95. The van der Waals surface area contributed by atoms with Crippen molar-refractivity contribution in [3.63, 3.8) is 0 Å². The van der Waals surface area contributed by atoms with E-state index >= 15 is 0 Å². The number of hydrogen-bond acceptors (Lipinski definition) is 4. The largest absolute Gasteiger partial charge is 0.460 e. The summed E-state index contributed by atoms with van der Waals surface area (Å²) in [7, 11) is 0. The molecule has 1 aliphatic rings. The van der Waals surface area contributed by atoms with Crippen molar-refractivity contribution in [3.8, 4) is 0 Å². The molecule has 136 valence electrons. The van der Waals surface area contributed by atoms with Gasteiger partial charge in [-0.2, -0.15) is 0 Å². The van der Waals surface area contributed by atoms with Crippen LogP contribution in [0.25, 0.3) is 0 Å². The second-order valence-electron chi connectivity index (χ2n) is 7.79. The van der Waals surface area contributed by atoms with Crippen LogP contribution in [0.3, 0.4) is 0 Å². The zero-order chi connectivity index (χ0) is 17.7. The lowest BCUT2D eigenvalue weighted by Crippen LogP contribution is -2.47. The maximum Gasteiger partial charge on any atom is 0.307 e. The first-order chi connectivity index (χ1) is 11.2. The fourth-order valence-corrected chi connectivity index (χ4v) is 3.17. The lowest BCUT2D eigenvalue weighted by Gasteiger charge is -2.34. The van der Waals surface area contributed by atoms with Crippen molar-refractivity contribution < 1.29 is 9.53 Å². The van der Waals surface area contributed by atoms with Crippen LogP contribution in [0.15, 0.2) is 12.1 Å². The van der Waals surface area contributed by atoms with E-state index in [4.69, 9.17) is 4.74 Å². The van der Waals surface area contributed by atoms with Crippen LogP contribution >= 0.6 is 0 Å². The average Bonchev–Trinajstić information content (AvgIpc) is 2.81. The standard InChI is InChI=1S/C19H33N3O2/c1-16-6-7-17(2)22(16)15-14-21-12-10-20(11-13-21)9-8-18(23)24-19(3,4)5/h6-7H,8-15H2,1-5H3. The minimum absolute atomic E-state index is 0.0940. The molecule has 5 heteroatoms. The van der Waals surface area contributed by atoms with Crippen molar-refractivity contribution in [2.24, 2.45) is 0 Å². The van der Waals surface area contributed by atoms with Crippen LogP contribution in [0.2, 0.25) is 0 Å². The van der Waals surface area contributed by atoms with Crippen LogP contribution in [0.4, 0.5) is 0 Å². The molecule has 0 aliphatic carbocycles. The molecule has 0 atom stereocenters. The van der Waals surface area contributed by atoms with E-state index in [1.54, 1.807) is 0 Å². The predicted octanol–water partition coefficient (Wildman–Crippen LogP) is 2.45. The summed E-state index contributed by atoms with van der Waals surface area (Å²) < 4.78 is 7.76. The zero-order valence-corrected chi connectivity index (χ0v) is 16.0. The van der Waals surface area contributed by atoms with Gasteiger partial charge in [0.2, 0.25) is 0 Å². The number of carbonyl (C=O) groups is 1. The highest BCUT2D eigenvalue weighted by atomic mass is 16.6. The Morgan fingerprint density at radius 2 is 1.46 bits per heavy atom. The van der Waals surface area contributed by atoms with Crippen LogP contribution in [0.1, 0.15) is 38.6 Å². The van der Waals surface area contributed by atoms with E-state index in [9.17, 15) is 4.79 Å². The van der Waals surface area contributed by atoms with Gasteiger partial charge in [0, 0.05) is 57.2 Å². The van der Waals surface area contributed by atoms with Gasteiger partial charge in [-0.05, 0) is 46.8 Å². The minimum Gasteiger partial charge on any atom is -0.460 e. The van der Waals surface area contributed by atoms with E-state index < -0.39 is 0 Å². The first-order valence-corrected chi connectivity index (χ1v) is 9.04. The molecule has 0 spiro atoms. The molecule has 2 rings (SSSR count). The number of hydrogen-bond donors (Lipinski definition) is 0. The van der Waals surface area contributed by atoms with Crippen molar-refractivity contribution >= 4 is 5.97 Å². The Hall–Kier alpha value is -1.33. The smallest absolute Gasteiger partial charge is 0.307 e. The summed E-state index contributed by atoms with van der Waals surface area (Å²) in [6, 6.07) is 4.37. The number of carbonyl (C=O) groups excluding carboxylic acids is 1. The van der Waals surface area contributed by atoms with Gasteiger partial charge in [0.25, 0.3) is 0 Å². The molecule has 1 saturated heterocycles. The molecule has 0 saturated carbocycles. The second kappa shape index (κ2) is 8.17. The van der Waals surface area contributed by atoms with Gasteiger partial charge in [0.05, 0.1) is 6.42 Å². The van der Waals surface area contributed by atoms with Gasteiger partial charge in [-0.15, -0.1) is 0 Å². The summed E-state index contributed by atoms with van der Waals surface area (Å²) in [5, 5.41) is 0. The molecule has 24 heavy (non-hydrogen) atoms. The molecule has 1 aromatic rings. The summed E-state index contributed by atoms with van der Waals surface area (Å²) in [6.07, 6.45) is 0.485. The molecule has 5 nitrogen and oxygen atoms in total. The molecule has 0 radical (unpaired) electrons. The number of esters is 1. The van der Waals surface area contributed by atoms with E-state index in [1.807, 2.05) is 20.8 Å². The van der Waals surface area contributed by atoms with Gasteiger partial charge in [-0.1, -0.05) is 0 Å². The number of piperazine rings is 1. The van der Waals surface area contributed by atoms with Crippen molar-refractivity contribution in [3.05, 3.63) is 23.5 Å². The molecule has 1 aliphatic heterocycles. The average molecular weight is 335 g/mol. The summed E-state index contributed by atoms with van der Waals surface area (Å²) in [5.74, 6) is -0.0940. The Morgan fingerprint density at radius 1 is 0.958 bits per heavy atom. The highest BCUT2D eigenvalue weighted by molar-refractivity contribution is 5.70. The fourth-order valence-electron chi connectivity index (χ4n) is 3.17. The summed E-state index contributed by atoms with van der Waals surface area (Å²) in [5.41, 5.74) is 2.29. The van der Waals surface area contributed by atoms with Gasteiger partial charge in [-0.3, -0.25) is 9.69 Å². The van der Waals surface area contributed by atoms with Crippen LogP contribution in [0, 0.1) is 13.8 Å². The molecular formula is C19H33N3O2. The van der Waals surface area contributed by atoms with Crippen LogP contribution < -0.4 is 0 Å². The molecule has 0 unspecified atom stereocenters. The molecule has 2 heterocycles. The lowest BCUT2D eigenvalue weighted by molar-refractivity contribution is -0.155. The van der Waals surface area contributed by atoms with Gasteiger partial charge >= 0.3 is 5.97 Å². The van der Waals surface area contributed by atoms with Crippen molar-refractivity contribution in [1.29, 1.82) is 0 Å². The number of nitrogens with zero attached hydrogens (tertiary/aromatic N) is 3. The second-order valence-corrected chi connectivity index (χ2v) is 7.79. The third-order valence-electron chi connectivity index (χ3n) is 4.57. The molecule has 1 aromatic heterocycles. The van der Waals surface area contributed by atoms with Crippen LogP contribution in [0.5, 0.6) is 0 Å². The number of rotatable bonds is 6. The summed E-state index contributed by atoms with van der Waals surface area (Å²) in [4.78, 5) is 16.7. The van der Waals surface area contributed by atoms with Gasteiger partial charge < -0.3 is 14.2 Å². The highest BCUT2D eigenvalue weighted by Crippen LogP contribution is 2.10. The van der Waals surface area contributed by atoms with Crippen molar-refractivity contribution in [1.82, 2.24) is 14.4 Å². The Balaban J connectivity index is 1.65. The SMILES string of the molecule is Cc1ccc(C)n1CCN1CCN(CCC(=O)OC(C)(C)C)CC1. The van der Waals surface area contributed by atoms with E-state index in [1.165, 1.54) is 11.4 Å². The Bertz CT molecular complexity index is 518. The van der Waals surface area contributed by atoms with Crippen LogP contribution in [-0.2, 0) is 16.1 Å². The third-order valence-corrected chi connectivity index (χ3v) is 4.57. The minimum atomic E-state index is -0.384. The molecule has 0 aromatic carbocycles. The van der Waals surface area contributed by atoms with E-state index in [2.05, 4.69) is 40.3 Å². The predicted molar refractivity (Wildman–Crippen MR) is 97.2 cm³/mol. The van der Waals surface area contributed by atoms with Gasteiger partial charge in [0.1, 0.15) is 5.60 Å². The Labute approximate surface area is 146 Å². The zero-order valence-electron chi connectivity index (χ0n) is 16.0. The number of aromatic nitrogens is 1. The Kier molecular flexibility index (Phi) is 6.47. The van der Waals surface area contributed by atoms with E-state index in [0.29, 0.717) is 6.42 Å². The first kappa shape index (κ1) is 19.0. The first-order valence-electron chi connectivity index (χ1n) is 9.04. The summed E-state index contributed by atoms with van der Waals surface area (Å²) in [6.45, 7) is 17.3. The van der Waals surface area contributed by atoms with E-state index in [-0.39, 0.29) is 11.6 Å². The van der Waals surface area contributed by atoms with Crippen molar-refractivity contribution in [2.75, 3.05) is 39.3 Å². The molecule has 0 amide bonds. The quantitative estimate of drug-likeness (QED) is 0.749.